The maximum Gasteiger partial charge on any atom is 0.410 e. The first-order chi connectivity index (χ1) is 14.5. The number of hydrogen-bond acceptors (Lipinski definition) is 5. The van der Waals surface area contributed by atoms with Crippen LogP contribution in [0.2, 0.25) is 5.15 Å². The average molecular weight is 451 g/mol. The minimum atomic E-state index is -0.462. The molecule has 2 aliphatic rings. The second-order valence-corrected chi connectivity index (χ2v) is 10.4. The molecule has 0 aromatic carbocycles. The predicted molar refractivity (Wildman–Crippen MR) is 123 cm³/mol. The van der Waals surface area contributed by atoms with Gasteiger partial charge in [0.05, 0.1) is 5.56 Å². The summed E-state index contributed by atoms with van der Waals surface area (Å²) in [6, 6.07) is 3.93. The Hall–Kier alpha value is -2.02. The maximum atomic E-state index is 12.3. The molecule has 3 rings (SSSR count). The third-order valence-corrected chi connectivity index (χ3v) is 6.67. The summed E-state index contributed by atoms with van der Waals surface area (Å²) in [5.74, 6) is 2.02. The molecule has 1 aliphatic heterocycles. The van der Waals surface area contributed by atoms with Crippen LogP contribution in [0.15, 0.2) is 12.1 Å². The molecule has 8 heteroatoms. The smallest absolute Gasteiger partial charge is 0.410 e. The Morgan fingerprint density at radius 1 is 1.10 bits per heavy atom. The zero-order valence-corrected chi connectivity index (χ0v) is 20.3. The van der Waals surface area contributed by atoms with Gasteiger partial charge in [0.15, 0.2) is 0 Å². The van der Waals surface area contributed by atoms with Crippen LogP contribution in [-0.4, -0.2) is 72.7 Å². The van der Waals surface area contributed by atoms with Crippen LogP contribution in [0.25, 0.3) is 0 Å². The summed E-state index contributed by atoms with van der Waals surface area (Å²) in [7, 11) is 5.25. The predicted octanol–water partition coefficient (Wildman–Crippen LogP) is 4.30. The Balaban J connectivity index is 1.48. The fourth-order valence-corrected chi connectivity index (χ4v) is 4.65. The lowest BCUT2D eigenvalue weighted by atomic mass is 9.69. The normalized spacial score (nSPS) is 22.0. The fraction of sp³-hybridized carbons (Fsp3) is 0.696. The van der Waals surface area contributed by atoms with E-state index in [1.54, 1.807) is 25.1 Å². The van der Waals surface area contributed by atoms with E-state index >= 15 is 0 Å². The monoisotopic (exact) mass is 450 g/mol. The van der Waals surface area contributed by atoms with Gasteiger partial charge in [0, 0.05) is 40.3 Å². The minimum Gasteiger partial charge on any atom is -0.444 e. The summed E-state index contributed by atoms with van der Waals surface area (Å²) in [5, 5.41) is 0.255. The number of nitrogens with zero attached hydrogens (tertiary/aromatic N) is 4. The highest BCUT2D eigenvalue weighted by Crippen LogP contribution is 2.41. The lowest BCUT2D eigenvalue weighted by Gasteiger charge is -2.47. The maximum absolute atomic E-state index is 12.3. The van der Waals surface area contributed by atoms with Gasteiger partial charge in [-0.2, -0.15) is 0 Å². The molecule has 0 radical (unpaired) electrons. The van der Waals surface area contributed by atoms with Gasteiger partial charge in [0.25, 0.3) is 5.91 Å². The van der Waals surface area contributed by atoms with Gasteiger partial charge in [-0.3, -0.25) is 4.79 Å². The molecule has 0 N–H and O–H groups in total. The van der Waals surface area contributed by atoms with Crippen LogP contribution in [0.5, 0.6) is 0 Å². The molecule has 1 saturated heterocycles. The third-order valence-electron chi connectivity index (χ3n) is 6.38. The first-order valence-corrected chi connectivity index (χ1v) is 11.4. The number of ether oxygens (including phenoxy) is 1. The molecule has 7 nitrogen and oxygen atoms in total. The molecule has 1 aromatic rings. The standard InChI is InChI=1S/C23H35ClN4O3/c1-23(2,3)31-22(30)27(6)17-13-16(14-17)15-9-11-28(12-10-15)19-8-7-18(20(24)25-19)21(29)26(4)5/h7-8,15-17H,9-14H2,1-6H3/t16-,17-. The number of carbonyl (C=O) groups is 2. The van der Waals surface area contributed by atoms with Crippen molar-refractivity contribution >= 4 is 29.4 Å². The highest BCUT2D eigenvalue weighted by atomic mass is 35.5. The van der Waals surface area contributed by atoms with Gasteiger partial charge in [-0.1, -0.05) is 11.6 Å². The van der Waals surface area contributed by atoms with E-state index in [2.05, 4.69) is 9.88 Å². The molecule has 0 bridgehead atoms. The van der Waals surface area contributed by atoms with E-state index in [9.17, 15) is 9.59 Å². The highest BCUT2D eigenvalue weighted by Gasteiger charge is 2.40. The highest BCUT2D eigenvalue weighted by molar-refractivity contribution is 6.32. The molecule has 2 heterocycles. The van der Waals surface area contributed by atoms with Gasteiger partial charge < -0.3 is 19.4 Å². The number of aromatic nitrogens is 1. The van der Waals surface area contributed by atoms with Gasteiger partial charge in [0.1, 0.15) is 16.6 Å². The zero-order valence-electron chi connectivity index (χ0n) is 19.5. The Morgan fingerprint density at radius 3 is 2.23 bits per heavy atom. The van der Waals surface area contributed by atoms with E-state index in [0.29, 0.717) is 17.4 Å². The van der Waals surface area contributed by atoms with Gasteiger partial charge in [0.2, 0.25) is 0 Å². The van der Waals surface area contributed by atoms with E-state index in [1.165, 1.54) is 4.90 Å². The number of hydrogen-bond donors (Lipinski definition) is 0. The average Bonchev–Trinajstić information content (AvgIpc) is 2.65. The first kappa shape index (κ1) is 23.6. The Labute approximate surface area is 190 Å². The van der Waals surface area contributed by atoms with Gasteiger partial charge >= 0.3 is 6.09 Å². The molecule has 0 unspecified atom stereocenters. The first-order valence-electron chi connectivity index (χ1n) is 11.0. The molecule has 1 saturated carbocycles. The fourth-order valence-electron chi connectivity index (χ4n) is 4.42. The molecule has 31 heavy (non-hydrogen) atoms. The van der Waals surface area contributed by atoms with Crippen molar-refractivity contribution in [2.75, 3.05) is 39.1 Å². The van der Waals surface area contributed by atoms with Crippen LogP contribution in [0.4, 0.5) is 10.6 Å². The van der Waals surface area contributed by atoms with Crippen molar-refractivity contribution in [2.24, 2.45) is 11.8 Å². The molecule has 0 atom stereocenters. The van der Waals surface area contributed by atoms with E-state index in [1.807, 2.05) is 33.9 Å². The van der Waals surface area contributed by atoms with Crippen molar-refractivity contribution in [3.63, 3.8) is 0 Å². The number of halogens is 1. The molecule has 2 fully saturated rings. The van der Waals surface area contributed by atoms with Crippen molar-refractivity contribution in [1.82, 2.24) is 14.8 Å². The molecular formula is C23H35ClN4O3. The SMILES string of the molecule is CN(C)C(=O)c1ccc(N2CCC([C@H]3C[C@H](N(C)C(=O)OC(C)(C)C)C3)CC2)nc1Cl. The van der Waals surface area contributed by atoms with Crippen LogP contribution in [0.3, 0.4) is 0 Å². The van der Waals surface area contributed by atoms with Crippen LogP contribution in [-0.2, 0) is 4.74 Å². The summed E-state index contributed by atoms with van der Waals surface area (Å²) in [4.78, 5) is 34.4. The molecule has 0 spiro atoms. The number of carbonyl (C=O) groups excluding carboxylic acids is 2. The van der Waals surface area contributed by atoms with E-state index < -0.39 is 5.60 Å². The quantitative estimate of drug-likeness (QED) is 0.640. The van der Waals surface area contributed by atoms with Crippen molar-refractivity contribution in [1.29, 1.82) is 0 Å². The molecule has 172 valence electrons. The summed E-state index contributed by atoms with van der Waals surface area (Å²) in [6.07, 6.45) is 4.07. The number of pyridine rings is 1. The van der Waals surface area contributed by atoms with Gasteiger partial charge in [-0.15, -0.1) is 0 Å². The minimum absolute atomic E-state index is 0.140. The van der Waals surface area contributed by atoms with Crippen molar-refractivity contribution in [3.8, 4) is 0 Å². The molecular weight excluding hydrogens is 416 g/mol. The lowest BCUT2D eigenvalue weighted by Crippen LogP contribution is -2.50. The van der Waals surface area contributed by atoms with E-state index in [-0.39, 0.29) is 23.2 Å². The Kier molecular flexibility index (Phi) is 7.04. The van der Waals surface area contributed by atoms with E-state index in [4.69, 9.17) is 16.3 Å². The summed E-state index contributed by atoms with van der Waals surface area (Å²) < 4.78 is 5.48. The molecule has 1 aliphatic carbocycles. The lowest BCUT2D eigenvalue weighted by molar-refractivity contribution is -0.00185. The Bertz CT molecular complexity index is 810. The van der Waals surface area contributed by atoms with Crippen LogP contribution in [0.1, 0.15) is 56.8 Å². The largest absolute Gasteiger partial charge is 0.444 e. The number of amides is 2. The van der Waals surface area contributed by atoms with Crippen molar-refractivity contribution in [3.05, 3.63) is 22.8 Å². The van der Waals surface area contributed by atoms with E-state index in [0.717, 1.165) is 44.6 Å². The second kappa shape index (κ2) is 9.23. The number of piperidine rings is 1. The summed E-state index contributed by atoms with van der Waals surface area (Å²) >= 11 is 6.28. The van der Waals surface area contributed by atoms with Crippen LogP contribution < -0.4 is 4.90 Å². The van der Waals surface area contributed by atoms with Crippen molar-refractivity contribution in [2.45, 2.75) is 58.1 Å². The second-order valence-electron chi connectivity index (χ2n) is 10.0. The van der Waals surface area contributed by atoms with Crippen LogP contribution >= 0.6 is 11.6 Å². The van der Waals surface area contributed by atoms with Crippen molar-refractivity contribution < 1.29 is 14.3 Å². The molecule has 1 aromatic heterocycles. The topological polar surface area (TPSA) is 66.0 Å². The summed E-state index contributed by atoms with van der Waals surface area (Å²) in [6.45, 7) is 7.54. The summed E-state index contributed by atoms with van der Waals surface area (Å²) in [5.41, 5.74) is -0.0316. The number of anilines is 1. The third kappa shape index (κ3) is 5.62. The molecule has 2 amide bonds. The number of rotatable bonds is 4. The zero-order chi connectivity index (χ0) is 22.9. The van der Waals surface area contributed by atoms with Crippen LogP contribution in [0, 0.1) is 11.8 Å². The van der Waals surface area contributed by atoms with Gasteiger partial charge in [-0.05, 0) is 70.4 Å². The Morgan fingerprint density at radius 2 is 1.71 bits per heavy atom. The van der Waals surface area contributed by atoms with Gasteiger partial charge in [-0.25, -0.2) is 9.78 Å².